The standard InChI is InChI=1S/C11H11NO2.C10H13Cl/c1-7(2)12-10(13)8-5-3-4-6-9(8)11(12)14;1-7(2)9-5-4-8(3)6-10(9)11/h3-7H,1-2H3;4-7H,1-3H3. The van der Waals surface area contributed by atoms with Crippen LogP contribution >= 0.6 is 11.6 Å². The van der Waals surface area contributed by atoms with Gasteiger partial charge >= 0.3 is 0 Å². The number of carbonyl (C=O) groups is 2. The molecule has 0 saturated carbocycles. The highest BCUT2D eigenvalue weighted by Gasteiger charge is 2.36. The zero-order valence-corrected chi connectivity index (χ0v) is 16.1. The maximum absolute atomic E-state index is 11.8. The van der Waals surface area contributed by atoms with Gasteiger partial charge in [-0.1, -0.05) is 49.7 Å². The van der Waals surface area contributed by atoms with Crippen molar-refractivity contribution in [1.29, 1.82) is 0 Å². The summed E-state index contributed by atoms with van der Waals surface area (Å²) in [6.07, 6.45) is 0. The zero-order chi connectivity index (χ0) is 18.7. The quantitative estimate of drug-likeness (QED) is 0.669. The Balaban J connectivity index is 0.000000186. The summed E-state index contributed by atoms with van der Waals surface area (Å²) in [6, 6.07) is 13.1. The van der Waals surface area contributed by atoms with E-state index in [-0.39, 0.29) is 17.9 Å². The average molecular weight is 358 g/mol. The molecule has 1 aliphatic rings. The molecule has 3 rings (SSSR count). The van der Waals surface area contributed by atoms with Crippen molar-refractivity contribution in [3.8, 4) is 0 Å². The van der Waals surface area contributed by atoms with Crippen LogP contribution in [-0.4, -0.2) is 22.8 Å². The highest BCUT2D eigenvalue weighted by Crippen LogP contribution is 2.25. The van der Waals surface area contributed by atoms with Gasteiger partial charge in [0.1, 0.15) is 0 Å². The van der Waals surface area contributed by atoms with Crippen LogP contribution in [0.1, 0.15) is 65.5 Å². The van der Waals surface area contributed by atoms with Gasteiger partial charge in [-0.05, 0) is 56.0 Å². The van der Waals surface area contributed by atoms with Gasteiger partial charge < -0.3 is 0 Å². The Bertz CT molecular complexity index is 761. The lowest BCUT2D eigenvalue weighted by molar-refractivity contribution is 0.0609. The van der Waals surface area contributed by atoms with Crippen LogP contribution < -0.4 is 0 Å². The number of aryl methyl sites for hydroxylation is 1. The molecular weight excluding hydrogens is 334 g/mol. The van der Waals surface area contributed by atoms with Gasteiger partial charge in [-0.2, -0.15) is 0 Å². The summed E-state index contributed by atoms with van der Waals surface area (Å²) in [5.41, 5.74) is 3.49. The number of hydrogen-bond acceptors (Lipinski definition) is 2. The molecule has 3 nitrogen and oxygen atoms in total. The van der Waals surface area contributed by atoms with Gasteiger partial charge in [0, 0.05) is 11.1 Å². The molecule has 0 fully saturated rings. The molecule has 1 aliphatic heterocycles. The number of amides is 2. The number of carbonyl (C=O) groups excluding carboxylic acids is 2. The highest BCUT2D eigenvalue weighted by molar-refractivity contribution is 6.31. The second-order valence-electron chi connectivity index (χ2n) is 6.80. The molecule has 132 valence electrons. The van der Waals surface area contributed by atoms with Crippen molar-refractivity contribution in [1.82, 2.24) is 4.90 Å². The molecule has 0 radical (unpaired) electrons. The fraction of sp³-hybridized carbons (Fsp3) is 0.333. The van der Waals surface area contributed by atoms with Crippen LogP contribution in [0.5, 0.6) is 0 Å². The molecular formula is C21H24ClNO2. The minimum absolute atomic E-state index is 0.0811. The first-order valence-electron chi connectivity index (χ1n) is 8.47. The third-order valence-corrected chi connectivity index (χ3v) is 4.45. The smallest absolute Gasteiger partial charge is 0.261 e. The largest absolute Gasteiger partial charge is 0.272 e. The molecule has 2 amide bonds. The van der Waals surface area contributed by atoms with E-state index in [4.69, 9.17) is 11.6 Å². The van der Waals surface area contributed by atoms with E-state index in [0.29, 0.717) is 17.0 Å². The van der Waals surface area contributed by atoms with E-state index >= 15 is 0 Å². The molecule has 0 atom stereocenters. The summed E-state index contributed by atoms with van der Waals surface area (Å²) in [7, 11) is 0. The molecule has 0 saturated heterocycles. The van der Waals surface area contributed by atoms with E-state index in [1.807, 2.05) is 19.9 Å². The normalized spacial score (nSPS) is 13.2. The maximum atomic E-state index is 11.8. The number of imide groups is 1. The van der Waals surface area contributed by atoms with E-state index in [2.05, 4.69) is 32.9 Å². The number of nitrogens with zero attached hydrogens (tertiary/aromatic N) is 1. The Morgan fingerprint density at radius 3 is 1.80 bits per heavy atom. The lowest BCUT2D eigenvalue weighted by Gasteiger charge is -2.17. The second kappa shape index (κ2) is 7.83. The van der Waals surface area contributed by atoms with Crippen LogP contribution in [0.3, 0.4) is 0 Å². The van der Waals surface area contributed by atoms with E-state index in [1.54, 1.807) is 24.3 Å². The molecule has 0 spiro atoms. The summed E-state index contributed by atoms with van der Waals surface area (Å²) in [5, 5.41) is 0.889. The van der Waals surface area contributed by atoms with Crippen molar-refractivity contribution in [3.63, 3.8) is 0 Å². The number of halogens is 1. The summed E-state index contributed by atoms with van der Waals surface area (Å²) < 4.78 is 0. The Morgan fingerprint density at radius 2 is 1.40 bits per heavy atom. The molecule has 0 aromatic heterocycles. The first-order valence-corrected chi connectivity index (χ1v) is 8.84. The third-order valence-electron chi connectivity index (χ3n) is 4.12. The van der Waals surface area contributed by atoms with Crippen molar-refractivity contribution in [2.45, 2.75) is 46.6 Å². The van der Waals surface area contributed by atoms with Crippen LogP contribution in [0.25, 0.3) is 0 Å². The zero-order valence-electron chi connectivity index (χ0n) is 15.3. The van der Waals surface area contributed by atoms with E-state index in [9.17, 15) is 9.59 Å². The lowest BCUT2D eigenvalue weighted by Crippen LogP contribution is -2.35. The summed E-state index contributed by atoms with van der Waals surface area (Å²) in [5.74, 6) is 0.157. The van der Waals surface area contributed by atoms with Crippen LogP contribution in [0.4, 0.5) is 0 Å². The van der Waals surface area contributed by atoms with E-state index in [1.165, 1.54) is 16.0 Å². The van der Waals surface area contributed by atoms with Gasteiger partial charge in [-0.25, -0.2) is 0 Å². The van der Waals surface area contributed by atoms with Gasteiger partial charge in [0.05, 0.1) is 11.1 Å². The summed E-state index contributed by atoms with van der Waals surface area (Å²) in [6.45, 7) is 10.0. The molecule has 4 heteroatoms. The number of benzene rings is 2. The van der Waals surface area contributed by atoms with Crippen molar-refractivity contribution in [2.24, 2.45) is 0 Å². The average Bonchev–Trinajstić information content (AvgIpc) is 2.79. The molecule has 1 heterocycles. The molecule has 0 unspecified atom stereocenters. The van der Waals surface area contributed by atoms with Crippen LogP contribution in [0.15, 0.2) is 42.5 Å². The van der Waals surface area contributed by atoms with Crippen molar-refractivity contribution < 1.29 is 9.59 Å². The van der Waals surface area contributed by atoms with Crippen molar-refractivity contribution >= 4 is 23.4 Å². The minimum atomic E-state index is -0.180. The first-order chi connectivity index (χ1) is 11.7. The lowest BCUT2D eigenvalue weighted by atomic mass is 10.0. The van der Waals surface area contributed by atoms with Gasteiger partial charge in [-0.15, -0.1) is 0 Å². The fourth-order valence-corrected chi connectivity index (χ4v) is 3.23. The van der Waals surface area contributed by atoms with Gasteiger partial charge in [0.25, 0.3) is 11.8 Å². The Morgan fingerprint density at radius 1 is 0.880 bits per heavy atom. The molecule has 0 aliphatic carbocycles. The highest BCUT2D eigenvalue weighted by atomic mass is 35.5. The predicted octanol–water partition coefficient (Wildman–Crippen LogP) is 5.46. The van der Waals surface area contributed by atoms with Crippen LogP contribution in [0, 0.1) is 6.92 Å². The Labute approximate surface area is 154 Å². The van der Waals surface area contributed by atoms with Crippen LogP contribution in [-0.2, 0) is 0 Å². The SMILES string of the molecule is CC(C)N1C(=O)c2ccccc2C1=O.Cc1ccc(C(C)C)c(Cl)c1. The van der Waals surface area contributed by atoms with Crippen molar-refractivity contribution in [2.75, 3.05) is 0 Å². The molecule has 2 aromatic rings. The van der Waals surface area contributed by atoms with Gasteiger partial charge in [-0.3, -0.25) is 14.5 Å². The Hall–Kier alpha value is -2.13. The molecule has 0 N–H and O–H groups in total. The van der Waals surface area contributed by atoms with Gasteiger partial charge in [0.2, 0.25) is 0 Å². The maximum Gasteiger partial charge on any atom is 0.261 e. The topological polar surface area (TPSA) is 37.4 Å². The monoisotopic (exact) mass is 357 g/mol. The third kappa shape index (κ3) is 4.10. The molecule has 0 bridgehead atoms. The Kier molecular flexibility index (Phi) is 6.02. The summed E-state index contributed by atoms with van der Waals surface area (Å²) in [4.78, 5) is 24.8. The predicted molar refractivity (Wildman–Crippen MR) is 102 cm³/mol. The second-order valence-corrected chi connectivity index (χ2v) is 7.21. The minimum Gasteiger partial charge on any atom is -0.272 e. The number of hydrogen-bond donors (Lipinski definition) is 0. The molecule has 2 aromatic carbocycles. The first kappa shape index (κ1) is 19.2. The van der Waals surface area contributed by atoms with E-state index in [0.717, 1.165) is 5.02 Å². The number of rotatable bonds is 2. The van der Waals surface area contributed by atoms with Crippen molar-refractivity contribution in [3.05, 3.63) is 69.7 Å². The van der Waals surface area contributed by atoms with Gasteiger partial charge in [0.15, 0.2) is 0 Å². The number of fused-ring (bicyclic) bond motifs is 1. The molecule has 25 heavy (non-hydrogen) atoms. The van der Waals surface area contributed by atoms with E-state index < -0.39 is 0 Å². The van der Waals surface area contributed by atoms with Crippen LogP contribution in [0.2, 0.25) is 5.02 Å². The fourth-order valence-electron chi connectivity index (χ4n) is 2.78. The summed E-state index contributed by atoms with van der Waals surface area (Å²) >= 11 is 6.02.